The predicted molar refractivity (Wildman–Crippen MR) is 102 cm³/mol. The zero-order valence-electron chi connectivity index (χ0n) is 18.4. The molecule has 0 saturated carbocycles. The maximum absolute atomic E-state index is 12.7. The predicted octanol–water partition coefficient (Wildman–Crippen LogP) is -3.95. The summed E-state index contributed by atoms with van der Waals surface area (Å²) in [6, 6.07) is 8.22. The Labute approximate surface area is 234 Å². The molecule has 3 rings (SSSR count). The van der Waals surface area contributed by atoms with Gasteiger partial charge in [-0.05, 0) is 31.5 Å². The normalized spacial score (nSPS) is 28.8. The van der Waals surface area contributed by atoms with Crippen LogP contribution in [-0.2, 0) is 29.3 Å². The number of carbonyl (C=O) groups excluding carboxylic acids is 1. The zero-order valence-corrected chi connectivity index (χ0v) is 24.2. The van der Waals surface area contributed by atoms with E-state index in [-0.39, 0.29) is 76.0 Å². The number of nitrogens with zero attached hydrogens (tertiary/aromatic N) is 1. The van der Waals surface area contributed by atoms with E-state index in [1.54, 1.807) is 13.8 Å². The van der Waals surface area contributed by atoms with E-state index < -0.39 is 45.2 Å². The van der Waals surface area contributed by atoms with E-state index in [4.69, 9.17) is 18.5 Å². The van der Waals surface area contributed by atoms with Gasteiger partial charge in [-0.15, -0.1) is 0 Å². The van der Waals surface area contributed by atoms with Gasteiger partial charge < -0.3 is 42.5 Å². The van der Waals surface area contributed by atoms with Gasteiger partial charge in [-0.1, -0.05) is 24.3 Å². The number of rotatable bonds is 5. The van der Waals surface area contributed by atoms with E-state index >= 15 is 0 Å². The molecule has 2 unspecified atom stereocenters. The molecule has 2 heterocycles. The van der Waals surface area contributed by atoms with Crippen LogP contribution < -0.4 is 73.6 Å². The summed E-state index contributed by atoms with van der Waals surface area (Å²) in [5.41, 5.74) is -0.0817. The molecule has 1 aromatic carbocycles. The third-order valence-corrected chi connectivity index (χ3v) is 8.69. The molecule has 1 aromatic heterocycles. The smallest absolute Gasteiger partial charge is 0.776 e. The number of carbonyl (C=O) groups is 1. The van der Waals surface area contributed by atoms with Crippen LogP contribution in [0.25, 0.3) is 0 Å². The maximum Gasteiger partial charge on any atom is 1.00 e. The fraction of sp³-hybridized carbons (Fsp3) is 0.333. The summed E-state index contributed by atoms with van der Waals surface area (Å²) in [6.07, 6.45) is -1.85. The van der Waals surface area contributed by atoms with Crippen LogP contribution in [0, 0.1) is 0 Å². The van der Waals surface area contributed by atoms with Crippen LogP contribution in [0.4, 0.5) is 4.79 Å². The molecule has 1 aliphatic heterocycles. The topological polar surface area (TPSA) is 167 Å². The average Bonchev–Trinajstić information content (AvgIpc) is 2.66. The van der Waals surface area contributed by atoms with Gasteiger partial charge in [0.15, 0.2) is 26.6 Å². The van der Waals surface area contributed by atoms with Gasteiger partial charge in [-0.3, -0.25) is 4.98 Å². The van der Waals surface area contributed by atoms with Crippen molar-refractivity contribution in [3.63, 3.8) is 0 Å². The van der Waals surface area contributed by atoms with Gasteiger partial charge in [0, 0.05) is 18.8 Å². The van der Waals surface area contributed by atoms with Gasteiger partial charge >= 0.3 is 65.3 Å². The van der Waals surface area contributed by atoms with Gasteiger partial charge in [-0.2, -0.15) is 0 Å². The standard InChI is InChI=1S/C18H21NO10P2.2Na/c1-12(2)26-17(20)27-15-8-4-3-7-14(15)16-28-30(22,23)18(21,31(24,25)29-16)10-13-6-5-9-19-11-13;;/h3-9,11-12,16,21H,10H2,1-2H3,(H,22,23)(H,24,25);;/q;2*+1/p-2. The van der Waals surface area contributed by atoms with Gasteiger partial charge in [0.25, 0.3) is 0 Å². The van der Waals surface area contributed by atoms with Gasteiger partial charge in [0.05, 0.1) is 11.7 Å². The van der Waals surface area contributed by atoms with Crippen LogP contribution in [0.3, 0.4) is 0 Å². The van der Waals surface area contributed by atoms with Crippen LogP contribution in [-0.4, -0.2) is 27.4 Å². The van der Waals surface area contributed by atoms with Crippen LogP contribution in [0.1, 0.15) is 31.3 Å². The fourth-order valence-electron chi connectivity index (χ4n) is 2.75. The van der Waals surface area contributed by atoms with Gasteiger partial charge in [0.1, 0.15) is 5.75 Å². The fourth-order valence-corrected chi connectivity index (χ4v) is 6.21. The first-order valence-corrected chi connectivity index (χ1v) is 12.1. The largest absolute Gasteiger partial charge is 1.00 e. The Balaban J connectivity index is 0.00000272. The van der Waals surface area contributed by atoms with E-state index in [9.17, 15) is 28.8 Å². The van der Waals surface area contributed by atoms with Gasteiger partial charge in [0.2, 0.25) is 0 Å². The number of para-hydroxylation sites is 1. The van der Waals surface area contributed by atoms with Crippen LogP contribution in [0.5, 0.6) is 5.75 Å². The first-order chi connectivity index (χ1) is 14.5. The molecule has 0 spiro atoms. The van der Waals surface area contributed by atoms with Crippen LogP contribution >= 0.6 is 15.2 Å². The molecule has 0 aliphatic carbocycles. The van der Waals surface area contributed by atoms with Crippen molar-refractivity contribution >= 4 is 21.3 Å². The van der Waals surface area contributed by atoms with E-state index in [1.807, 2.05) is 0 Å². The second kappa shape index (κ2) is 12.2. The van der Waals surface area contributed by atoms with Crippen molar-refractivity contribution in [1.29, 1.82) is 0 Å². The third kappa shape index (κ3) is 6.98. The van der Waals surface area contributed by atoms with E-state index in [0.717, 1.165) is 0 Å². The van der Waals surface area contributed by atoms with Gasteiger partial charge in [-0.25, -0.2) is 4.79 Å². The molecule has 1 N–H and O–H groups in total. The maximum atomic E-state index is 12.7. The van der Waals surface area contributed by atoms with Crippen molar-refractivity contribution in [2.24, 2.45) is 0 Å². The Hall–Kier alpha value is -0.1000. The third-order valence-electron chi connectivity index (χ3n) is 4.21. The molecule has 1 aliphatic rings. The van der Waals surface area contributed by atoms with Crippen LogP contribution in [0.2, 0.25) is 0 Å². The molecule has 15 heteroatoms. The summed E-state index contributed by atoms with van der Waals surface area (Å²) >= 11 is 0. The van der Waals surface area contributed by atoms with Crippen molar-refractivity contribution in [1.82, 2.24) is 4.98 Å². The molecule has 2 atom stereocenters. The zero-order chi connectivity index (χ0) is 22.9. The molecule has 2 aromatic rings. The molecule has 33 heavy (non-hydrogen) atoms. The Morgan fingerprint density at radius 1 is 1.15 bits per heavy atom. The number of hydrogen-bond acceptors (Lipinski definition) is 11. The molecule has 1 saturated heterocycles. The van der Waals surface area contributed by atoms with E-state index in [0.29, 0.717) is 0 Å². The number of benzene rings is 1. The first kappa shape index (κ1) is 30.9. The minimum atomic E-state index is -5.49. The summed E-state index contributed by atoms with van der Waals surface area (Å²) in [6.45, 7) is 3.18. The monoisotopic (exact) mass is 517 g/mol. The summed E-state index contributed by atoms with van der Waals surface area (Å²) in [7, 11) is -11.0. The molecule has 0 radical (unpaired) electrons. The molecular weight excluding hydrogens is 498 g/mol. The van der Waals surface area contributed by atoms with Crippen molar-refractivity contribution in [2.75, 3.05) is 0 Å². The summed E-state index contributed by atoms with van der Waals surface area (Å²) in [5.74, 6) is -0.240. The van der Waals surface area contributed by atoms with Crippen molar-refractivity contribution in [3.8, 4) is 5.75 Å². The first-order valence-electron chi connectivity index (χ1n) is 9.03. The summed E-state index contributed by atoms with van der Waals surface area (Å²) < 4.78 is 45.1. The number of ether oxygens (including phenoxy) is 2. The Bertz CT molecular complexity index is 1030. The Morgan fingerprint density at radius 2 is 1.76 bits per heavy atom. The molecule has 0 amide bonds. The van der Waals surface area contributed by atoms with Crippen molar-refractivity contribution < 1.29 is 106 Å². The molecule has 11 nitrogen and oxygen atoms in total. The van der Waals surface area contributed by atoms with E-state index in [1.165, 1.54) is 48.8 Å². The number of aromatic nitrogens is 1. The molecule has 168 valence electrons. The molecule has 1 fully saturated rings. The molecule has 0 bridgehead atoms. The minimum Gasteiger partial charge on any atom is -0.776 e. The number of aliphatic hydroxyl groups is 1. The second-order valence-corrected chi connectivity index (χ2v) is 11.2. The minimum absolute atomic E-state index is 0. The Morgan fingerprint density at radius 3 is 2.30 bits per heavy atom. The van der Waals surface area contributed by atoms with Crippen LogP contribution in [0.15, 0.2) is 48.8 Å². The molecular formula is C18H19NNa2O10P2. The summed E-state index contributed by atoms with van der Waals surface area (Å²) in [5, 5.41) is 7.27. The van der Waals surface area contributed by atoms with Crippen molar-refractivity contribution in [3.05, 3.63) is 59.9 Å². The SMILES string of the molecule is CC(C)OC(=O)Oc1ccccc1C1OP(=O)([O-])C(O)(Cc2cccnc2)P(=O)([O-])O1.[Na+].[Na+]. The second-order valence-electron chi connectivity index (χ2n) is 6.91. The average molecular weight is 517 g/mol. The number of hydrogen-bond donors (Lipinski definition) is 1. The summed E-state index contributed by atoms with van der Waals surface area (Å²) in [4.78, 5) is 41.0. The van der Waals surface area contributed by atoms with Crippen molar-refractivity contribution in [2.45, 2.75) is 37.7 Å². The van der Waals surface area contributed by atoms with E-state index in [2.05, 4.69) is 4.98 Å². The quantitative estimate of drug-likeness (QED) is 0.178. The number of pyridine rings is 1. The Kier molecular flexibility index (Phi) is 11.5.